The fraction of sp³-hybridized carbons (Fsp3) is 1.00. The van der Waals surface area contributed by atoms with Gasteiger partial charge in [0, 0.05) is 13.2 Å². The van der Waals surface area contributed by atoms with Crippen molar-refractivity contribution in [3.05, 3.63) is 0 Å². The summed E-state index contributed by atoms with van der Waals surface area (Å²) in [7, 11) is 0. The van der Waals surface area contributed by atoms with Crippen LogP contribution in [0.4, 0.5) is 0 Å². The molecule has 0 amide bonds. The molecular formula is C27H56O3. The monoisotopic (exact) mass is 428 g/mol. The Labute approximate surface area is 189 Å². The predicted molar refractivity (Wildman–Crippen MR) is 131 cm³/mol. The lowest BCUT2D eigenvalue weighted by Gasteiger charge is -2.10. The minimum absolute atomic E-state index is 0.0749. The van der Waals surface area contributed by atoms with Crippen molar-refractivity contribution in [1.29, 1.82) is 0 Å². The molecule has 0 fully saturated rings. The summed E-state index contributed by atoms with van der Waals surface area (Å²) in [4.78, 5) is 0. The highest BCUT2D eigenvalue weighted by Gasteiger charge is 2.03. The van der Waals surface area contributed by atoms with Crippen molar-refractivity contribution in [3.63, 3.8) is 0 Å². The Hall–Kier alpha value is -0.120. The van der Waals surface area contributed by atoms with Crippen LogP contribution in [-0.2, 0) is 0 Å². The number of aliphatic hydroxyl groups excluding tert-OH is 3. The largest absolute Gasteiger partial charge is 0.396 e. The van der Waals surface area contributed by atoms with E-state index < -0.39 is 0 Å². The number of hydrogen-bond acceptors (Lipinski definition) is 3. The maximum absolute atomic E-state index is 10.1. The molecule has 0 radical (unpaired) electrons. The first-order chi connectivity index (χ1) is 14.8. The van der Waals surface area contributed by atoms with Gasteiger partial charge in [-0.25, -0.2) is 0 Å². The smallest absolute Gasteiger partial charge is 0.0540 e. The molecule has 0 bridgehead atoms. The average Bonchev–Trinajstić information content (AvgIpc) is 2.75. The second-order valence-electron chi connectivity index (χ2n) is 9.46. The van der Waals surface area contributed by atoms with Gasteiger partial charge in [-0.1, -0.05) is 128 Å². The second kappa shape index (κ2) is 26.9. The third kappa shape index (κ3) is 25.9. The van der Waals surface area contributed by atoms with Crippen molar-refractivity contribution >= 4 is 0 Å². The van der Waals surface area contributed by atoms with Crippen LogP contribution in [0.2, 0.25) is 0 Å². The van der Waals surface area contributed by atoms with Crippen molar-refractivity contribution in [1.82, 2.24) is 0 Å². The summed E-state index contributed by atoms with van der Waals surface area (Å²) in [6.07, 6.45) is 30.1. The van der Waals surface area contributed by atoms with E-state index in [2.05, 4.69) is 0 Å². The van der Waals surface area contributed by atoms with Gasteiger partial charge in [0.25, 0.3) is 0 Å². The van der Waals surface area contributed by atoms with E-state index in [0.29, 0.717) is 13.2 Å². The van der Waals surface area contributed by atoms with Crippen molar-refractivity contribution in [2.24, 2.45) is 0 Å². The Kier molecular flexibility index (Phi) is 26.8. The molecular weight excluding hydrogens is 372 g/mol. The first-order valence-electron chi connectivity index (χ1n) is 13.7. The van der Waals surface area contributed by atoms with Gasteiger partial charge in [-0.05, 0) is 25.7 Å². The molecule has 182 valence electrons. The molecule has 0 aromatic carbocycles. The predicted octanol–water partition coefficient (Wildman–Crippen LogP) is 7.69. The van der Waals surface area contributed by atoms with Crippen LogP contribution in [0, 0.1) is 0 Å². The van der Waals surface area contributed by atoms with Gasteiger partial charge in [0.15, 0.2) is 0 Å². The molecule has 0 aromatic heterocycles. The van der Waals surface area contributed by atoms with Crippen molar-refractivity contribution in [3.8, 4) is 0 Å². The molecule has 0 aliphatic carbocycles. The Morgan fingerprint density at radius 3 is 0.733 bits per heavy atom. The molecule has 1 atom stereocenters. The van der Waals surface area contributed by atoms with Gasteiger partial charge in [0.1, 0.15) is 0 Å². The summed E-state index contributed by atoms with van der Waals surface area (Å²) in [5.41, 5.74) is 0. The molecule has 0 saturated carbocycles. The maximum atomic E-state index is 10.1. The summed E-state index contributed by atoms with van der Waals surface area (Å²) in [5.74, 6) is 0. The lowest BCUT2D eigenvalue weighted by molar-refractivity contribution is 0.147. The first-order valence-corrected chi connectivity index (χ1v) is 13.7. The van der Waals surface area contributed by atoms with Gasteiger partial charge in [-0.15, -0.1) is 0 Å². The summed E-state index contributed by atoms with van der Waals surface area (Å²) >= 11 is 0. The van der Waals surface area contributed by atoms with Crippen LogP contribution in [0.3, 0.4) is 0 Å². The van der Waals surface area contributed by atoms with E-state index >= 15 is 0 Å². The van der Waals surface area contributed by atoms with E-state index in [-0.39, 0.29) is 6.10 Å². The van der Waals surface area contributed by atoms with E-state index in [4.69, 9.17) is 10.2 Å². The van der Waals surface area contributed by atoms with Gasteiger partial charge < -0.3 is 15.3 Å². The highest BCUT2D eigenvalue weighted by molar-refractivity contribution is 4.58. The number of aliphatic hydroxyl groups is 3. The molecule has 3 nitrogen and oxygen atoms in total. The Morgan fingerprint density at radius 1 is 0.300 bits per heavy atom. The minimum Gasteiger partial charge on any atom is -0.396 e. The van der Waals surface area contributed by atoms with Gasteiger partial charge in [0.05, 0.1) is 6.10 Å². The van der Waals surface area contributed by atoms with Crippen LogP contribution in [-0.4, -0.2) is 34.6 Å². The van der Waals surface area contributed by atoms with E-state index in [9.17, 15) is 5.11 Å². The highest BCUT2D eigenvalue weighted by atomic mass is 16.3. The zero-order chi connectivity index (χ0) is 22.0. The molecule has 0 spiro atoms. The van der Waals surface area contributed by atoms with Gasteiger partial charge in [-0.2, -0.15) is 0 Å². The molecule has 3 N–H and O–H groups in total. The minimum atomic E-state index is -0.0749. The Morgan fingerprint density at radius 2 is 0.500 bits per heavy atom. The van der Waals surface area contributed by atoms with E-state index in [0.717, 1.165) is 32.1 Å². The SMILES string of the molecule is OCCCCCCCCCCCCCCCCCC(O)CCCCCCCCCO. The van der Waals surface area contributed by atoms with Gasteiger partial charge >= 0.3 is 0 Å². The Balaban J connectivity index is 3.11. The van der Waals surface area contributed by atoms with Crippen LogP contribution < -0.4 is 0 Å². The Bertz CT molecular complexity index is 296. The van der Waals surface area contributed by atoms with Crippen LogP contribution >= 0.6 is 0 Å². The lowest BCUT2D eigenvalue weighted by atomic mass is 10.0. The molecule has 3 heteroatoms. The van der Waals surface area contributed by atoms with Crippen LogP contribution in [0.5, 0.6) is 0 Å². The standard InChI is InChI=1S/C27H56O3/c28-25-21-17-13-9-7-5-3-1-2-4-6-8-11-15-19-23-27(30)24-20-16-12-10-14-18-22-26-29/h27-30H,1-26H2. The number of rotatable bonds is 26. The summed E-state index contributed by atoms with van der Waals surface area (Å²) in [5, 5.41) is 27.6. The molecule has 0 aliphatic heterocycles. The topological polar surface area (TPSA) is 60.7 Å². The fourth-order valence-electron chi connectivity index (χ4n) is 4.31. The van der Waals surface area contributed by atoms with Gasteiger partial charge in [-0.3, -0.25) is 0 Å². The quantitative estimate of drug-likeness (QED) is 0.124. The molecule has 0 heterocycles. The highest BCUT2D eigenvalue weighted by Crippen LogP contribution is 2.16. The molecule has 1 unspecified atom stereocenters. The first kappa shape index (κ1) is 29.9. The molecule has 0 aliphatic rings. The third-order valence-electron chi connectivity index (χ3n) is 6.39. The molecule has 0 saturated heterocycles. The maximum Gasteiger partial charge on any atom is 0.0540 e. The molecule has 0 aromatic rings. The number of unbranched alkanes of at least 4 members (excludes halogenated alkanes) is 20. The van der Waals surface area contributed by atoms with Crippen LogP contribution in [0.1, 0.15) is 154 Å². The van der Waals surface area contributed by atoms with E-state index in [1.807, 2.05) is 0 Å². The van der Waals surface area contributed by atoms with Crippen molar-refractivity contribution in [2.75, 3.05) is 13.2 Å². The normalized spacial score (nSPS) is 12.5. The van der Waals surface area contributed by atoms with Gasteiger partial charge in [0.2, 0.25) is 0 Å². The number of hydrogen-bond donors (Lipinski definition) is 3. The van der Waals surface area contributed by atoms with E-state index in [1.165, 1.54) is 122 Å². The average molecular weight is 429 g/mol. The second-order valence-corrected chi connectivity index (χ2v) is 9.46. The molecule has 30 heavy (non-hydrogen) atoms. The zero-order valence-corrected chi connectivity index (χ0v) is 20.3. The fourth-order valence-corrected chi connectivity index (χ4v) is 4.31. The molecule has 0 rings (SSSR count). The lowest BCUT2D eigenvalue weighted by Crippen LogP contribution is -2.05. The summed E-state index contributed by atoms with van der Waals surface area (Å²) in [6, 6.07) is 0. The van der Waals surface area contributed by atoms with Crippen molar-refractivity contribution in [2.45, 2.75) is 160 Å². The van der Waals surface area contributed by atoms with Crippen LogP contribution in [0.25, 0.3) is 0 Å². The van der Waals surface area contributed by atoms with Crippen molar-refractivity contribution < 1.29 is 15.3 Å². The summed E-state index contributed by atoms with van der Waals surface area (Å²) in [6.45, 7) is 0.691. The summed E-state index contributed by atoms with van der Waals surface area (Å²) < 4.78 is 0. The van der Waals surface area contributed by atoms with E-state index in [1.54, 1.807) is 0 Å². The third-order valence-corrected chi connectivity index (χ3v) is 6.39. The van der Waals surface area contributed by atoms with Crippen LogP contribution in [0.15, 0.2) is 0 Å². The zero-order valence-electron chi connectivity index (χ0n) is 20.3.